The normalized spacial score (nSPS) is 12.7. The Morgan fingerprint density at radius 2 is 1.86 bits per heavy atom. The first-order valence-corrected chi connectivity index (χ1v) is 8.11. The van der Waals surface area contributed by atoms with Crippen molar-refractivity contribution in [3.63, 3.8) is 0 Å². The third-order valence-corrected chi connectivity index (χ3v) is 5.07. The fourth-order valence-electron chi connectivity index (χ4n) is 2.75. The van der Waals surface area contributed by atoms with Crippen molar-refractivity contribution in [2.24, 2.45) is 0 Å². The van der Waals surface area contributed by atoms with Crippen LogP contribution in [0.4, 0.5) is 0 Å². The van der Waals surface area contributed by atoms with Crippen LogP contribution in [-0.2, 0) is 6.54 Å². The molecule has 1 N–H and O–H groups in total. The molecule has 0 saturated carbocycles. The van der Waals surface area contributed by atoms with E-state index in [1.165, 1.54) is 21.2 Å². The van der Waals surface area contributed by atoms with Gasteiger partial charge in [0, 0.05) is 17.5 Å². The van der Waals surface area contributed by atoms with Gasteiger partial charge in [-0.25, -0.2) is 4.98 Å². The SMILES string of the molecule is Cc1nc(C)c(C(C)NCc2cccc3ccccc23)s1. The molecule has 1 atom stereocenters. The van der Waals surface area contributed by atoms with Crippen LogP contribution in [0.5, 0.6) is 0 Å². The molecule has 2 nitrogen and oxygen atoms in total. The number of thiazole rings is 1. The maximum Gasteiger partial charge on any atom is 0.0900 e. The molecule has 108 valence electrons. The van der Waals surface area contributed by atoms with Gasteiger partial charge in [0.15, 0.2) is 0 Å². The molecule has 0 bridgehead atoms. The molecule has 1 heterocycles. The molecular weight excluding hydrogens is 276 g/mol. The summed E-state index contributed by atoms with van der Waals surface area (Å²) >= 11 is 1.79. The van der Waals surface area contributed by atoms with Gasteiger partial charge in [0.1, 0.15) is 0 Å². The standard InChI is InChI=1S/C18H20N2S/c1-12(18-13(2)20-14(3)21-18)19-11-16-9-6-8-15-7-4-5-10-17(15)16/h4-10,12,19H,11H2,1-3H3. The molecular formula is C18H20N2S. The van der Waals surface area contributed by atoms with Crippen molar-refractivity contribution in [2.45, 2.75) is 33.4 Å². The minimum atomic E-state index is 0.329. The van der Waals surface area contributed by atoms with Crippen molar-refractivity contribution in [3.8, 4) is 0 Å². The number of rotatable bonds is 4. The molecule has 21 heavy (non-hydrogen) atoms. The second-order valence-corrected chi connectivity index (χ2v) is 6.66. The quantitative estimate of drug-likeness (QED) is 0.750. The van der Waals surface area contributed by atoms with Gasteiger partial charge < -0.3 is 5.32 Å². The average molecular weight is 296 g/mol. The molecule has 3 aromatic rings. The lowest BCUT2D eigenvalue weighted by atomic mass is 10.0. The van der Waals surface area contributed by atoms with Gasteiger partial charge >= 0.3 is 0 Å². The predicted octanol–water partition coefficient (Wildman–Crippen LogP) is 4.76. The Kier molecular flexibility index (Phi) is 4.04. The van der Waals surface area contributed by atoms with E-state index in [2.05, 4.69) is 73.5 Å². The lowest BCUT2D eigenvalue weighted by Gasteiger charge is -2.14. The average Bonchev–Trinajstić information content (AvgIpc) is 2.83. The zero-order valence-corrected chi connectivity index (χ0v) is 13.5. The summed E-state index contributed by atoms with van der Waals surface area (Å²) in [6, 6.07) is 15.4. The maximum atomic E-state index is 4.52. The summed E-state index contributed by atoms with van der Waals surface area (Å²) in [6.45, 7) is 7.25. The van der Waals surface area contributed by atoms with Gasteiger partial charge in [0.05, 0.1) is 10.7 Å². The number of fused-ring (bicyclic) bond motifs is 1. The van der Waals surface area contributed by atoms with E-state index in [1.54, 1.807) is 11.3 Å². The Balaban J connectivity index is 1.79. The summed E-state index contributed by atoms with van der Waals surface area (Å²) in [7, 11) is 0. The van der Waals surface area contributed by atoms with E-state index < -0.39 is 0 Å². The summed E-state index contributed by atoms with van der Waals surface area (Å²) < 4.78 is 0. The van der Waals surface area contributed by atoms with Gasteiger partial charge in [0.2, 0.25) is 0 Å². The number of aryl methyl sites for hydroxylation is 2. The largest absolute Gasteiger partial charge is 0.305 e. The van der Waals surface area contributed by atoms with Gasteiger partial charge in [-0.05, 0) is 37.1 Å². The molecule has 1 unspecified atom stereocenters. The highest BCUT2D eigenvalue weighted by Crippen LogP contribution is 2.25. The number of nitrogens with zero attached hydrogens (tertiary/aromatic N) is 1. The zero-order chi connectivity index (χ0) is 14.8. The third kappa shape index (κ3) is 2.99. The molecule has 0 fully saturated rings. The van der Waals surface area contributed by atoms with Crippen molar-refractivity contribution in [3.05, 3.63) is 63.6 Å². The molecule has 0 amide bonds. The van der Waals surface area contributed by atoms with E-state index in [9.17, 15) is 0 Å². The van der Waals surface area contributed by atoms with Crippen molar-refractivity contribution in [1.82, 2.24) is 10.3 Å². The highest BCUT2D eigenvalue weighted by Gasteiger charge is 2.12. The molecule has 0 aliphatic rings. The van der Waals surface area contributed by atoms with Crippen LogP contribution in [0.3, 0.4) is 0 Å². The van der Waals surface area contributed by atoms with Crippen LogP contribution in [0.2, 0.25) is 0 Å². The number of hydrogen-bond donors (Lipinski definition) is 1. The van der Waals surface area contributed by atoms with Crippen LogP contribution >= 0.6 is 11.3 Å². The van der Waals surface area contributed by atoms with Gasteiger partial charge in [-0.3, -0.25) is 0 Å². The van der Waals surface area contributed by atoms with Gasteiger partial charge in [-0.2, -0.15) is 0 Å². The first-order valence-electron chi connectivity index (χ1n) is 7.29. The Morgan fingerprint density at radius 3 is 2.62 bits per heavy atom. The molecule has 2 aromatic carbocycles. The topological polar surface area (TPSA) is 24.9 Å². The highest BCUT2D eigenvalue weighted by atomic mass is 32.1. The molecule has 3 heteroatoms. The Bertz CT molecular complexity index is 756. The van der Waals surface area contributed by atoms with Crippen LogP contribution in [0.25, 0.3) is 10.8 Å². The van der Waals surface area contributed by atoms with Crippen LogP contribution in [0.15, 0.2) is 42.5 Å². The summed E-state index contributed by atoms with van der Waals surface area (Å²) in [5.41, 5.74) is 2.49. The molecule has 0 radical (unpaired) electrons. The monoisotopic (exact) mass is 296 g/mol. The predicted molar refractivity (Wildman–Crippen MR) is 90.8 cm³/mol. The van der Waals surface area contributed by atoms with E-state index in [4.69, 9.17) is 0 Å². The van der Waals surface area contributed by atoms with E-state index in [1.807, 2.05) is 0 Å². The third-order valence-electron chi connectivity index (χ3n) is 3.81. The summed E-state index contributed by atoms with van der Waals surface area (Å²) in [5, 5.41) is 7.40. The smallest absolute Gasteiger partial charge is 0.0900 e. The minimum Gasteiger partial charge on any atom is -0.305 e. The molecule has 0 spiro atoms. The zero-order valence-electron chi connectivity index (χ0n) is 12.7. The Morgan fingerprint density at radius 1 is 1.10 bits per heavy atom. The first-order chi connectivity index (χ1) is 10.1. The van der Waals surface area contributed by atoms with E-state index in [-0.39, 0.29) is 0 Å². The number of nitrogens with one attached hydrogen (secondary N) is 1. The maximum absolute atomic E-state index is 4.52. The molecule has 0 aliphatic carbocycles. The van der Waals surface area contributed by atoms with Crippen molar-refractivity contribution in [1.29, 1.82) is 0 Å². The second kappa shape index (κ2) is 5.96. The van der Waals surface area contributed by atoms with E-state index in [0.717, 1.165) is 17.2 Å². The summed E-state index contributed by atoms with van der Waals surface area (Å²) in [5.74, 6) is 0. The molecule has 1 aromatic heterocycles. The van der Waals surface area contributed by atoms with E-state index in [0.29, 0.717) is 6.04 Å². The van der Waals surface area contributed by atoms with Gasteiger partial charge in [-0.15, -0.1) is 11.3 Å². The highest BCUT2D eigenvalue weighted by molar-refractivity contribution is 7.11. The van der Waals surface area contributed by atoms with Crippen molar-refractivity contribution < 1.29 is 0 Å². The second-order valence-electron chi connectivity index (χ2n) is 5.42. The number of aromatic nitrogens is 1. The van der Waals surface area contributed by atoms with Gasteiger partial charge in [0.25, 0.3) is 0 Å². The fraction of sp³-hybridized carbons (Fsp3) is 0.278. The molecule has 3 rings (SSSR count). The van der Waals surface area contributed by atoms with E-state index >= 15 is 0 Å². The Hall–Kier alpha value is -1.71. The van der Waals surface area contributed by atoms with Crippen LogP contribution < -0.4 is 5.32 Å². The minimum absolute atomic E-state index is 0.329. The first kappa shape index (κ1) is 14.2. The molecule has 0 saturated heterocycles. The molecule has 0 aliphatic heterocycles. The van der Waals surface area contributed by atoms with Crippen LogP contribution in [0.1, 0.15) is 34.1 Å². The summed E-state index contributed by atoms with van der Waals surface area (Å²) in [4.78, 5) is 5.86. The lowest BCUT2D eigenvalue weighted by molar-refractivity contribution is 0.581. The van der Waals surface area contributed by atoms with Crippen LogP contribution in [-0.4, -0.2) is 4.98 Å². The van der Waals surface area contributed by atoms with Crippen molar-refractivity contribution >= 4 is 22.1 Å². The van der Waals surface area contributed by atoms with Crippen molar-refractivity contribution in [2.75, 3.05) is 0 Å². The van der Waals surface area contributed by atoms with Gasteiger partial charge in [-0.1, -0.05) is 42.5 Å². The fourth-order valence-corrected chi connectivity index (χ4v) is 3.71. The number of benzene rings is 2. The lowest BCUT2D eigenvalue weighted by Crippen LogP contribution is -2.18. The van der Waals surface area contributed by atoms with Crippen LogP contribution in [0, 0.1) is 13.8 Å². The number of hydrogen-bond acceptors (Lipinski definition) is 3. The Labute approximate surface area is 129 Å². The summed E-state index contributed by atoms with van der Waals surface area (Å²) in [6.07, 6.45) is 0.